The molecule has 2 aromatic carbocycles. The van der Waals surface area contributed by atoms with Crippen LogP contribution in [0.4, 0.5) is 0 Å². The van der Waals surface area contributed by atoms with Crippen molar-refractivity contribution in [1.29, 1.82) is 0 Å². The van der Waals surface area contributed by atoms with Crippen LogP contribution in [0.25, 0.3) is 11.4 Å². The lowest BCUT2D eigenvalue weighted by Crippen LogP contribution is -2.31. The molecule has 0 aliphatic heterocycles. The number of nitrogens with zero attached hydrogens (tertiary/aromatic N) is 3. The van der Waals surface area contributed by atoms with Crippen LogP contribution in [-0.4, -0.2) is 38.3 Å². The normalized spacial score (nSPS) is 10.7. The molecule has 6 heteroatoms. The van der Waals surface area contributed by atoms with Gasteiger partial charge in [0.25, 0.3) is 0 Å². The predicted molar refractivity (Wildman–Crippen MR) is 105 cm³/mol. The van der Waals surface area contributed by atoms with E-state index in [1.165, 1.54) is 17.3 Å². The highest BCUT2D eigenvalue weighted by Crippen LogP contribution is 2.20. The van der Waals surface area contributed by atoms with Gasteiger partial charge in [-0.05, 0) is 19.4 Å². The lowest BCUT2D eigenvalue weighted by molar-refractivity contribution is -0.128. The number of carbonyl (C=O) groups excluding carboxylic acids is 1. The molecule has 0 unspecified atom stereocenters. The summed E-state index contributed by atoms with van der Waals surface area (Å²) < 4.78 is 0. The van der Waals surface area contributed by atoms with E-state index >= 15 is 0 Å². The number of amides is 1. The molecule has 134 valence electrons. The van der Waals surface area contributed by atoms with E-state index in [1.54, 1.807) is 0 Å². The molecule has 3 aromatic rings. The van der Waals surface area contributed by atoms with Crippen molar-refractivity contribution in [2.75, 3.05) is 12.3 Å². The average molecular weight is 366 g/mol. The van der Waals surface area contributed by atoms with Gasteiger partial charge in [0.1, 0.15) is 0 Å². The minimum Gasteiger partial charge on any atom is -0.338 e. The summed E-state index contributed by atoms with van der Waals surface area (Å²) in [6.07, 6.45) is 0. The number of hydrogen-bond acceptors (Lipinski definition) is 4. The zero-order chi connectivity index (χ0) is 18.4. The lowest BCUT2D eigenvalue weighted by Gasteiger charge is -2.20. The highest BCUT2D eigenvalue weighted by Gasteiger charge is 2.14. The molecule has 0 aliphatic carbocycles. The van der Waals surface area contributed by atoms with Crippen LogP contribution < -0.4 is 0 Å². The molecule has 0 fully saturated rings. The molecule has 0 aliphatic rings. The number of benzene rings is 2. The molecule has 1 amide bonds. The SMILES string of the molecule is CCN(Cc1ccccc1)C(=O)CSc1n[nH]c(-c2ccc(C)cc2)n1. The van der Waals surface area contributed by atoms with Gasteiger partial charge in [-0.15, -0.1) is 5.10 Å². The summed E-state index contributed by atoms with van der Waals surface area (Å²) in [4.78, 5) is 18.8. The summed E-state index contributed by atoms with van der Waals surface area (Å²) in [7, 11) is 0. The topological polar surface area (TPSA) is 61.9 Å². The van der Waals surface area contributed by atoms with E-state index in [0.717, 1.165) is 17.0 Å². The number of carbonyl (C=O) groups is 1. The maximum absolute atomic E-state index is 12.5. The van der Waals surface area contributed by atoms with Gasteiger partial charge in [-0.2, -0.15) is 0 Å². The first-order chi connectivity index (χ1) is 12.7. The van der Waals surface area contributed by atoms with Gasteiger partial charge in [-0.1, -0.05) is 71.9 Å². The van der Waals surface area contributed by atoms with Crippen LogP contribution >= 0.6 is 11.8 Å². The minimum atomic E-state index is 0.0861. The summed E-state index contributed by atoms with van der Waals surface area (Å²) in [5.41, 5.74) is 3.32. The first-order valence-electron chi connectivity index (χ1n) is 8.59. The van der Waals surface area contributed by atoms with Crippen LogP contribution in [0.5, 0.6) is 0 Å². The molecule has 1 N–H and O–H groups in total. The van der Waals surface area contributed by atoms with Crippen molar-refractivity contribution in [1.82, 2.24) is 20.1 Å². The largest absolute Gasteiger partial charge is 0.338 e. The Balaban J connectivity index is 1.57. The summed E-state index contributed by atoms with van der Waals surface area (Å²) in [6.45, 7) is 5.34. The highest BCUT2D eigenvalue weighted by molar-refractivity contribution is 7.99. The van der Waals surface area contributed by atoms with E-state index in [-0.39, 0.29) is 5.91 Å². The first kappa shape index (κ1) is 18.2. The van der Waals surface area contributed by atoms with Gasteiger partial charge in [-0.3, -0.25) is 9.89 Å². The summed E-state index contributed by atoms with van der Waals surface area (Å²) >= 11 is 1.36. The molecule has 26 heavy (non-hydrogen) atoms. The van der Waals surface area contributed by atoms with E-state index in [0.29, 0.717) is 24.0 Å². The van der Waals surface area contributed by atoms with Gasteiger partial charge in [0.2, 0.25) is 11.1 Å². The standard InChI is InChI=1S/C20H22N4OS/c1-3-24(13-16-7-5-4-6-8-16)18(25)14-26-20-21-19(22-23-20)17-11-9-15(2)10-12-17/h4-12H,3,13-14H2,1-2H3,(H,21,22,23). The van der Waals surface area contributed by atoms with E-state index in [2.05, 4.69) is 15.2 Å². The Morgan fingerprint density at radius 2 is 1.85 bits per heavy atom. The number of rotatable bonds is 7. The third kappa shape index (κ3) is 4.73. The molecule has 0 spiro atoms. The Morgan fingerprint density at radius 3 is 2.54 bits per heavy atom. The van der Waals surface area contributed by atoms with Gasteiger partial charge in [0.15, 0.2) is 5.82 Å². The molecule has 5 nitrogen and oxygen atoms in total. The smallest absolute Gasteiger partial charge is 0.233 e. The van der Waals surface area contributed by atoms with Crippen LogP contribution in [0.1, 0.15) is 18.1 Å². The minimum absolute atomic E-state index is 0.0861. The zero-order valence-electron chi connectivity index (χ0n) is 15.0. The maximum atomic E-state index is 12.5. The summed E-state index contributed by atoms with van der Waals surface area (Å²) in [5.74, 6) is 1.13. The fourth-order valence-electron chi connectivity index (χ4n) is 2.55. The molecule has 1 aromatic heterocycles. The van der Waals surface area contributed by atoms with Crippen LogP contribution in [0.3, 0.4) is 0 Å². The third-order valence-electron chi connectivity index (χ3n) is 4.07. The summed E-state index contributed by atoms with van der Waals surface area (Å²) in [5, 5.41) is 7.74. The number of aromatic nitrogens is 3. The third-order valence-corrected chi connectivity index (χ3v) is 4.90. The van der Waals surface area contributed by atoms with Crippen molar-refractivity contribution >= 4 is 17.7 Å². The number of hydrogen-bond donors (Lipinski definition) is 1. The Morgan fingerprint density at radius 1 is 1.12 bits per heavy atom. The maximum Gasteiger partial charge on any atom is 0.233 e. The van der Waals surface area contributed by atoms with Crippen LogP contribution in [0.15, 0.2) is 59.8 Å². The number of nitrogens with one attached hydrogen (secondary N) is 1. The van der Waals surface area contributed by atoms with Crippen molar-refractivity contribution in [3.63, 3.8) is 0 Å². The second-order valence-electron chi connectivity index (χ2n) is 6.01. The number of aryl methyl sites for hydroxylation is 1. The van der Waals surface area contributed by atoms with Gasteiger partial charge < -0.3 is 4.90 Å². The van der Waals surface area contributed by atoms with Crippen molar-refractivity contribution in [2.45, 2.75) is 25.5 Å². The van der Waals surface area contributed by atoms with Crippen LogP contribution in [0.2, 0.25) is 0 Å². The van der Waals surface area contributed by atoms with Crippen LogP contribution in [-0.2, 0) is 11.3 Å². The number of thioether (sulfide) groups is 1. The van der Waals surface area contributed by atoms with E-state index in [9.17, 15) is 4.79 Å². The quantitative estimate of drug-likeness (QED) is 0.644. The highest BCUT2D eigenvalue weighted by atomic mass is 32.2. The Hall–Kier alpha value is -2.60. The molecule has 0 atom stereocenters. The van der Waals surface area contributed by atoms with Gasteiger partial charge in [0.05, 0.1) is 5.75 Å². The Bertz CT molecular complexity index is 846. The van der Waals surface area contributed by atoms with E-state index < -0.39 is 0 Å². The fraction of sp³-hybridized carbons (Fsp3) is 0.250. The fourth-order valence-corrected chi connectivity index (χ4v) is 3.25. The number of H-pyrrole nitrogens is 1. The summed E-state index contributed by atoms with van der Waals surface area (Å²) in [6, 6.07) is 18.1. The van der Waals surface area contributed by atoms with Crippen molar-refractivity contribution in [3.8, 4) is 11.4 Å². The van der Waals surface area contributed by atoms with E-state index in [1.807, 2.05) is 73.3 Å². The second-order valence-corrected chi connectivity index (χ2v) is 6.96. The molecular formula is C20H22N4OS. The predicted octanol–water partition coefficient (Wildman–Crippen LogP) is 3.92. The van der Waals surface area contributed by atoms with Crippen LogP contribution in [0, 0.1) is 6.92 Å². The molecule has 0 bridgehead atoms. The van der Waals surface area contributed by atoms with Gasteiger partial charge in [-0.25, -0.2) is 4.98 Å². The zero-order valence-corrected chi connectivity index (χ0v) is 15.8. The first-order valence-corrected chi connectivity index (χ1v) is 9.58. The van der Waals surface area contributed by atoms with Gasteiger partial charge in [0, 0.05) is 18.7 Å². The van der Waals surface area contributed by atoms with E-state index in [4.69, 9.17) is 0 Å². The lowest BCUT2D eigenvalue weighted by atomic mass is 10.1. The van der Waals surface area contributed by atoms with Crippen molar-refractivity contribution < 1.29 is 4.79 Å². The second kappa shape index (κ2) is 8.67. The van der Waals surface area contributed by atoms with Gasteiger partial charge >= 0.3 is 0 Å². The molecule has 3 rings (SSSR count). The molecule has 0 radical (unpaired) electrons. The monoisotopic (exact) mass is 366 g/mol. The molecule has 0 saturated heterocycles. The molecule has 1 heterocycles. The van der Waals surface area contributed by atoms with Crippen molar-refractivity contribution in [3.05, 3.63) is 65.7 Å². The number of aromatic amines is 1. The van der Waals surface area contributed by atoms with Crippen molar-refractivity contribution in [2.24, 2.45) is 0 Å². The molecule has 0 saturated carbocycles. The Labute approximate surface area is 157 Å². The Kier molecular flexibility index (Phi) is 6.07. The molecular weight excluding hydrogens is 344 g/mol. The average Bonchev–Trinajstić information content (AvgIpc) is 3.14.